The molecule has 0 aliphatic rings. The summed E-state index contributed by atoms with van der Waals surface area (Å²) in [5, 5.41) is 7.66. The molecule has 3 aromatic carbocycles. The van der Waals surface area contributed by atoms with E-state index in [1.54, 1.807) is 37.3 Å². The summed E-state index contributed by atoms with van der Waals surface area (Å²) in [7, 11) is 1.52. The van der Waals surface area contributed by atoms with E-state index in [4.69, 9.17) is 44.3 Å². The van der Waals surface area contributed by atoms with E-state index in [9.17, 15) is 9.59 Å². The van der Waals surface area contributed by atoms with Gasteiger partial charge in [0.1, 0.15) is 6.61 Å². The van der Waals surface area contributed by atoms with Crippen molar-refractivity contribution in [1.29, 1.82) is 0 Å². The smallest absolute Gasteiger partial charge is 0.329 e. The highest BCUT2D eigenvalue weighted by Crippen LogP contribution is 2.29. The number of nitrogens with zero attached hydrogens (tertiary/aromatic N) is 1. The van der Waals surface area contributed by atoms with Crippen molar-refractivity contribution in [2.24, 2.45) is 5.10 Å². The summed E-state index contributed by atoms with van der Waals surface area (Å²) in [5.74, 6) is -0.817. The number of benzene rings is 3. The van der Waals surface area contributed by atoms with E-state index in [2.05, 4.69) is 15.8 Å². The molecule has 0 aliphatic carbocycles. The lowest BCUT2D eigenvalue weighted by Gasteiger charge is -2.12. The largest absolute Gasteiger partial charge is 0.493 e. The Hall–Kier alpha value is -3.26. The van der Waals surface area contributed by atoms with E-state index in [-0.39, 0.29) is 5.02 Å². The maximum absolute atomic E-state index is 12.1. The average molecular weight is 521 g/mol. The molecule has 3 aromatic rings. The Kier molecular flexibility index (Phi) is 8.76. The molecule has 0 saturated carbocycles. The van der Waals surface area contributed by atoms with Gasteiger partial charge in [-0.05, 0) is 61.0 Å². The van der Waals surface area contributed by atoms with Crippen LogP contribution in [0.1, 0.15) is 18.1 Å². The molecule has 0 radical (unpaired) electrons. The summed E-state index contributed by atoms with van der Waals surface area (Å²) in [5.41, 5.74) is 4.63. The molecule has 0 saturated heterocycles. The van der Waals surface area contributed by atoms with Gasteiger partial charge >= 0.3 is 11.8 Å². The molecular weight excluding hydrogens is 501 g/mol. The molecule has 0 heterocycles. The van der Waals surface area contributed by atoms with E-state index in [1.165, 1.54) is 25.3 Å². The molecule has 0 spiro atoms. The van der Waals surface area contributed by atoms with Gasteiger partial charge in [0, 0.05) is 16.3 Å². The predicted molar refractivity (Wildman–Crippen MR) is 134 cm³/mol. The number of carbonyl (C=O) groups is 2. The third-order valence-corrected chi connectivity index (χ3v) is 5.59. The zero-order valence-electron chi connectivity index (χ0n) is 18.2. The number of methoxy groups -OCH3 is 1. The first-order valence-electron chi connectivity index (χ1n) is 9.93. The number of nitrogens with one attached hydrogen (secondary N) is 2. The normalized spacial score (nSPS) is 11.0. The second-order valence-corrected chi connectivity index (χ2v) is 8.25. The first kappa shape index (κ1) is 25.4. The van der Waals surface area contributed by atoms with Crippen LogP contribution in [0.4, 0.5) is 5.69 Å². The minimum Gasteiger partial charge on any atom is -0.493 e. The molecule has 10 heteroatoms. The Morgan fingerprint density at radius 3 is 2.29 bits per heavy atom. The third-order valence-electron chi connectivity index (χ3n) is 4.60. The minimum absolute atomic E-state index is 0.253. The zero-order chi connectivity index (χ0) is 24.7. The lowest BCUT2D eigenvalue weighted by atomic mass is 10.1. The minimum atomic E-state index is -0.944. The van der Waals surface area contributed by atoms with Crippen molar-refractivity contribution in [3.8, 4) is 11.5 Å². The van der Waals surface area contributed by atoms with Crippen LogP contribution in [0.25, 0.3) is 0 Å². The van der Waals surface area contributed by atoms with Crippen LogP contribution in [-0.2, 0) is 16.2 Å². The van der Waals surface area contributed by atoms with E-state index in [0.29, 0.717) is 45.1 Å². The number of hydrogen-bond donors (Lipinski definition) is 2. The summed E-state index contributed by atoms with van der Waals surface area (Å²) in [6.45, 7) is 2.02. The molecule has 2 N–H and O–H groups in total. The number of amides is 2. The molecule has 7 nitrogen and oxygen atoms in total. The van der Waals surface area contributed by atoms with Crippen molar-refractivity contribution in [2.45, 2.75) is 13.5 Å². The summed E-state index contributed by atoms with van der Waals surface area (Å²) in [6.07, 6.45) is 0. The first-order valence-corrected chi connectivity index (χ1v) is 11.1. The number of carbonyl (C=O) groups excluding carboxylic acids is 2. The van der Waals surface area contributed by atoms with Crippen molar-refractivity contribution in [1.82, 2.24) is 5.43 Å². The summed E-state index contributed by atoms with van der Waals surface area (Å²) >= 11 is 17.7. The molecule has 0 unspecified atom stereocenters. The van der Waals surface area contributed by atoms with Crippen molar-refractivity contribution in [2.75, 3.05) is 12.4 Å². The number of rotatable bonds is 7. The van der Waals surface area contributed by atoms with Crippen LogP contribution in [0.15, 0.2) is 65.8 Å². The number of halogens is 3. The van der Waals surface area contributed by atoms with Gasteiger partial charge < -0.3 is 14.8 Å². The van der Waals surface area contributed by atoms with Gasteiger partial charge in [0.2, 0.25) is 0 Å². The second kappa shape index (κ2) is 11.7. The first-order chi connectivity index (χ1) is 16.3. The highest BCUT2D eigenvalue weighted by Gasteiger charge is 2.14. The molecule has 3 rings (SSSR count). The molecule has 176 valence electrons. The van der Waals surface area contributed by atoms with Crippen LogP contribution in [0.3, 0.4) is 0 Å². The molecule has 0 aliphatic heterocycles. The van der Waals surface area contributed by atoms with Gasteiger partial charge in [-0.2, -0.15) is 5.10 Å². The Morgan fingerprint density at radius 1 is 0.882 bits per heavy atom. The lowest BCUT2D eigenvalue weighted by molar-refractivity contribution is -0.136. The van der Waals surface area contributed by atoms with Gasteiger partial charge in [-0.1, -0.05) is 46.9 Å². The van der Waals surface area contributed by atoms with Gasteiger partial charge in [0.05, 0.1) is 22.9 Å². The van der Waals surface area contributed by atoms with Gasteiger partial charge in [-0.15, -0.1) is 0 Å². The van der Waals surface area contributed by atoms with Crippen molar-refractivity contribution >= 4 is 58.0 Å². The van der Waals surface area contributed by atoms with E-state index >= 15 is 0 Å². The molecular formula is C24H20Cl3N3O4. The third kappa shape index (κ3) is 6.87. The predicted octanol–water partition coefficient (Wildman–Crippen LogP) is 5.71. The van der Waals surface area contributed by atoms with E-state index < -0.39 is 11.8 Å². The second-order valence-electron chi connectivity index (χ2n) is 7.00. The molecule has 2 amide bonds. The van der Waals surface area contributed by atoms with Crippen LogP contribution in [-0.4, -0.2) is 24.6 Å². The van der Waals surface area contributed by atoms with E-state index in [0.717, 1.165) is 5.56 Å². The fourth-order valence-electron chi connectivity index (χ4n) is 2.77. The molecule has 0 atom stereocenters. The summed E-state index contributed by atoms with van der Waals surface area (Å²) < 4.78 is 11.3. The maximum atomic E-state index is 12.1. The lowest BCUT2D eigenvalue weighted by Crippen LogP contribution is -2.32. The Balaban J connectivity index is 1.62. The van der Waals surface area contributed by atoms with Gasteiger partial charge in [-0.25, -0.2) is 5.43 Å². The van der Waals surface area contributed by atoms with Gasteiger partial charge in [0.25, 0.3) is 0 Å². The quantitative estimate of drug-likeness (QED) is 0.237. The van der Waals surface area contributed by atoms with E-state index in [1.807, 2.05) is 12.1 Å². The van der Waals surface area contributed by atoms with Crippen LogP contribution < -0.4 is 20.2 Å². The Morgan fingerprint density at radius 2 is 1.62 bits per heavy atom. The van der Waals surface area contributed by atoms with Crippen molar-refractivity contribution < 1.29 is 19.1 Å². The monoisotopic (exact) mass is 519 g/mol. The number of hydrogen-bond acceptors (Lipinski definition) is 5. The summed E-state index contributed by atoms with van der Waals surface area (Å²) in [6, 6.07) is 17.0. The average Bonchev–Trinajstić information content (AvgIpc) is 2.84. The van der Waals surface area contributed by atoms with Crippen LogP contribution in [0, 0.1) is 0 Å². The maximum Gasteiger partial charge on any atom is 0.329 e. The van der Waals surface area contributed by atoms with Crippen LogP contribution in [0.2, 0.25) is 15.1 Å². The molecule has 0 aromatic heterocycles. The molecule has 34 heavy (non-hydrogen) atoms. The standard InChI is InChI=1S/C24H20Cl3N3O4/c1-14(29-30-24(32)23(31)28-18-8-9-19(26)20(27)12-18)16-5-10-21(22(11-16)33-2)34-13-15-3-6-17(25)7-4-15/h3-12H,13H2,1-2H3,(H,28,31)(H,30,32)/b29-14+. The Bertz CT molecular complexity index is 1230. The number of anilines is 1. The van der Waals surface area contributed by atoms with Crippen molar-refractivity contribution in [3.63, 3.8) is 0 Å². The number of hydrazone groups is 1. The van der Waals surface area contributed by atoms with Gasteiger partial charge in [-0.3, -0.25) is 9.59 Å². The Labute approximate surface area is 211 Å². The molecule has 0 fully saturated rings. The number of ether oxygens (including phenoxy) is 2. The topological polar surface area (TPSA) is 89.0 Å². The fourth-order valence-corrected chi connectivity index (χ4v) is 3.19. The van der Waals surface area contributed by atoms with Crippen LogP contribution >= 0.6 is 34.8 Å². The summed E-state index contributed by atoms with van der Waals surface area (Å²) in [4.78, 5) is 24.2. The highest BCUT2D eigenvalue weighted by molar-refractivity contribution is 6.43. The van der Waals surface area contributed by atoms with Crippen LogP contribution in [0.5, 0.6) is 11.5 Å². The highest BCUT2D eigenvalue weighted by atomic mass is 35.5. The van der Waals surface area contributed by atoms with Crippen molar-refractivity contribution in [3.05, 3.63) is 86.9 Å². The zero-order valence-corrected chi connectivity index (χ0v) is 20.5. The van der Waals surface area contributed by atoms with Gasteiger partial charge in [0.15, 0.2) is 11.5 Å². The molecule has 0 bridgehead atoms. The SMILES string of the molecule is COc1cc(/C(C)=N/NC(=O)C(=O)Nc2ccc(Cl)c(Cl)c2)ccc1OCc1ccc(Cl)cc1. The fraction of sp³-hybridized carbons (Fsp3) is 0.125.